The first-order valence-electron chi connectivity index (χ1n) is 5.78. The molecule has 0 saturated heterocycles. The molecule has 0 fully saturated rings. The van der Waals surface area contributed by atoms with Crippen molar-refractivity contribution in [1.82, 2.24) is 0 Å². The van der Waals surface area contributed by atoms with Crippen LogP contribution in [0.3, 0.4) is 0 Å². The molecule has 1 aromatic rings. The van der Waals surface area contributed by atoms with E-state index in [4.69, 9.17) is 46.4 Å². The molecular weight excluding hydrogens is 324 g/mol. The molecule has 0 amide bonds. The van der Waals surface area contributed by atoms with Crippen LogP contribution >= 0.6 is 46.4 Å². The van der Waals surface area contributed by atoms with E-state index in [-0.39, 0.29) is 5.92 Å². The third kappa shape index (κ3) is 3.22. The number of benzene rings is 1. The van der Waals surface area contributed by atoms with E-state index in [1.807, 2.05) is 43.3 Å². The number of halogens is 4. The van der Waals surface area contributed by atoms with Gasteiger partial charge in [0.1, 0.15) is 0 Å². The zero-order valence-electron chi connectivity index (χ0n) is 10.6. The summed E-state index contributed by atoms with van der Waals surface area (Å²) in [6.07, 6.45) is 2.56. The van der Waals surface area contributed by atoms with Gasteiger partial charge in [0, 0.05) is 35.8 Å². The van der Waals surface area contributed by atoms with Crippen molar-refractivity contribution in [3.63, 3.8) is 0 Å². The first-order chi connectivity index (χ1) is 8.90. The molecule has 19 heavy (non-hydrogen) atoms. The molecule has 102 valence electrons. The SMILES string of the molecule is CN(C)c1ccc(Cl)cc1C1C=C(Cl)C(Cl)=C(Cl)C1. The first kappa shape index (κ1) is 15.1. The van der Waals surface area contributed by atoms with Gasteiger partial charge in [-0.05, 0) is 30.2 Å². The Balaban J connectivity index is 2.46. The fraction of sp³-hybridized carbons (Fsp3) is 0.286. The van der Waals surface area contributed by atoms with E-state index in [0.717, 1.165) is 11.3 Å². The fourth-order valence-electron chi connectivity index (χ4n) is 2.15. The number of hydrogen-bond donors (Lipinski definition) is 0. The van der Waals surface area contributed by atoms with E-state index in [1.54, 1.807) is 0 Å². The second-order valence-electron chi connectivity index (χ2n) is 4.64. The minimum absolute atomic E-state index is 0.0820. The molecule has 0 spiro atoms. The molecule has 2 rings (SSSR count). The van der Waals surface area contributed by atoms with Crippen LogP contribution in [0.2, 0.25) is 5.02 Å². The van der Waals surface area contributed by atoms with Crippen molar-refractivity contribution in [2.75, 3.05) is 19.0 Å². The highest BCUT2D eigenvalue weighted by Crippen LogP contribution is 2.42. The number of hydrogen-bond acceptors (Lipinski definition) is 1. The van der Waals surface area contributed by atoms with Gasteiger partial charge >= 0.3 is 0 Å². The van der Waals surface area contributed by atoms with Crippen LogP contribution in [0.4, 0.5) is 5.69 Å². The van der Waals surface area contributed by atoms with Crippen LogP contribution in [0.1, 0.15) is 17.9 Å². The van der Waals surface area contributed by atoms with Crippen molar-refractivity contribution in [3.8, 4) is 0 Å². The molecule has 0 aromatic heterocycles. The summed E-state index contributed by atoms with van der Waals surface area (Å²) >= 11 is 24.4. The Bertz CT molecular complexity index is 561. The lowest BCUT2D eigenvalue weighted by atomic mass is 9.90. The topological polar surface area (TPSA) is 3.24 Å². The second-order valence-corrected chi connectivity index (χ2v) is 6.32. The number of anilines is 1. The summed E-state index contributed by atoms with van der Waals surface area (Å²) in [6, 6.07) is 5.82. The summed E-state index contributed by atoms with van der Waals surface area (Å²) in [5.74, 6) is 0.0820. The van der Waals surface area contributed by atoms with Crippen molar-refractivity contribution >= 4 is 52.1 Å². The van der Waals surface area contributed by atoms with Crippen LogP contribution < -0.4 is 4.90 Å². The van der Waals surface area contributed by atoms with Gasteiger partial charge in [0.25, 0.3) is 0 Å². The molecule has 1 unspecified atom stereocenters. The molecule has 0 heterocycles. The Hall–Kier alpha value is -0.340. The van der Waals surface area contributed by atoms with Gasteiger partial charge in [-0.15, -0.1) is 0 Å². The Labute approximate surface area is 133 Å². The van der Waals surface area contributed by atoms with E-state index >= 15 is 0 Å². The zero-order chi connectivity index (χ0) is 14.2. The monoisotopic (exact) mass is 335 g/mol. The molecule has 0 aliphatic heterocycles. The summed E-state index contributed by atoms with van der Waals surface area (Å²) < 4.78 is 0. The smallest absolute Gasteiger partial charge is 0.0734 e. The van der Waals surface area contributed by atoms with E-state index in [0.29, 0.717) is 26.5 Å². The van der Waals surface area contributed by atoms with Gasteiger partial charge in [0.05, 0.1) is 10.1 Å². The number of allylic oxidation sites excluding steroid dienone is 4. The summed E-state index contributed by atoms with van der Waals surface area (Å²) in [5.41, 5.74) is 2.19. The van der Waals surface area contributed by atoms with Crippen LogP contribution in [0, 0.1) is 0 Å². The maximum absolute atomic E-state index is 6.15. The first-order valence-corrected chi connectivity index (χ1v) is 7.30. The largest absolute Gasteiger partial charge is 0.377 e. The predicted octanol–water partition coefficient (Wildman–Crippen LogP) is 5.71. The van der Waals surface area contributed by atoms with Gasteiger partial charge < -0.3 is 4.90 Å². The third-order valence-corrected chi connectivity index (χ3v) is 4.58. The molecule has 0 bridgehead atoms. The standard InChI is InChI=1S/C14H13Cl4N/c1-19(2)13-4-3-9(15)7-10(13)8-5-11(16)14(18)12(17)6-8/h3-5,7-8H,6H2,1-2H3. The zero-order valence-corrected chi connectivity index (χ0v) is 13.6. The van der Waals surface area contributed by atoms with E-state index in [9.17, 15) is 0 Å². The quantitative estimate of drug-likeness (QED) is 0.669. The minimum atomic E-state index is 0.0820. The lowest BCUT2D eigenvalue weighted by Crippen LogP contribution is -2.13. The van der Waals surface area contributed by atoms with Gasteiger partial charge in [0.15, 0.2) is 0 Å². The van der Waals surface area contributed by atoms with E-state index in [1.165, 1.54) is 0 Å². The maximum atomic E-state index is 6.15. The molecule has 5 heteroatoms. The summed E-state index contributed by atoms with van der Waals surface area (Å²) in [7, 11) is 3.98. The molecule has 1 aromatic carbocycles. The Morgan fingerprint density at radius 2 is 1.79 bits per heavy atom. The molecule has 1 nitrogen and oxygen atoms in total. The predicted molar refractivity (Wildman–Crippen MR) is 85.8 cm³/mol. The maximum Gasteiger partial charge on any atom is 0.0734 e. The van der Waals surface area contributed by atoms with Gasteiger partial charge in [-0.3, -0.25) is 0 Å². The fourth-order valence-corrected chi connectivity index (χ4v) is 3.05. The van der Waals surface area contributed by atoms with Crippen LogP contribution in [0.5, 0.6) is 0 Å². The van der Waals surface area contributed by atoms with Gasteiger partial charge in [0.2, 0.25) is 0 Å². The van der Waals surface area contributed by atoms with Crippen molar-refractivity contribution in [2.24, 2.45) is 0 Å². The van der Waals surface area contributed by atoms with Gasteiger partial charge in [-0.2, -0.15) is 0 Å². The molecule has 1 atom stereocenters. The lowest BCUT2D eigenvalue weighted by Gasteiger charge is -2.25. The molecule has 1 aliphatic rings. The molecule has 0 saturated carbocycles. The molecule has 0 radical (unpaired) electrons. The second kappa shape index (κ2) is 5.97. The number of rotatable bonds is 2. The van der Waals surface area contributed by atoms with Gasteiger partial charge in [-0.25, -0.2) is 0 Å². The van der Waals surface area contributed by atoms with Crippen LogP contribution in [0.25, 0.3) is 0 Å². The molecule has 0 N–H and O–H groups in total. The van der Waals surface area contributed by atoms with Crippen molar-refractivity contribution in [2.45, 2.75) is 12.3 Å². The van der Waals surface area contributed by atoms with Crippen LogP contribution in [0.15, 0.2) is 39.4 Å². The van der Waals surface area contributed by atoms with Crippen LogP contribution in [-0.4, -0.2) is 14.1 Å². The van der Waals surface area contributed by atoms with E-state index in [2.05, 4.69) is 0 Å². The van der Waals surface area contributed by atoms with Crippen molar-refractivity contribution in [3.05, 3.63) is 50.0 Å². The Morgan fingerprint density at radius 1 is 1.11 bits per heavy atom. The molecular formula is C14H13Cl4N. The van der Waals surface area contributed by atoms with Crippen molar-refractivity contribution < 1.29 is 0 Å². The average molecular weight is 337 g/mol. The normalized spacial score (nSPS) is 19.5. The van der Waals surface area contributed by atoms with E-state index < -0.39 is 0 Å². The number of nitrogens with zero attached hydrogens (tertiary/aromatic N) is 1. The van der Waals surface area contributed by atoms with Crippen LogP contribution in [-0.2, 0) is 0 Å². The summed E-state index contributed by atoms with van der Waals surface area (Å²) in [6.45, 7) is 0. The summed E-state index contributed by atoms with van der Waals surface area (Å²) in [4.78, 5) is 2.04. The lowest BCUT2D eigenvalue weighted by molar-refractivity contribution is 0.831. The summed E-state index contributed by atoms with van der Waals surface area (Å²) in [5, 5.41) is 2.21. The average Bonchev–Trinajstić information content (AvgIpc) is 2.34. The van der Waals surface area contributed by atoms with Crippen molar-refractivity contribution in [1.29, 1.82) is 0 Å². The highest BCUT2D eigenvalue weighted by Gasteiger charge is 2.23. The highest BCUT2D eigenvalue weighted by molar-refractivity contribution is 6.48. The Morgan fingerprint density at radius 3 is 2.37 bits per heavy atom. The molecule has 1 aliphatic carbocycles. The third-order valence-electron chi connectivity index (χ3n) is 3.07. The highest BCUT2D eigenvalue weighted by atomic mass is 35.5. The Kier molecular flexibility index (Phi) is 4.73. The minimum Gasteiger partial charge on any atom is -0.377 e. The van der Waals surface area contributed by atoms with Gasteiger partial charge in [-0.1, -0.05) is 52.5 Å².